The summed E-state index contributed by atoms with van der Waals surface area (Å²) < 4.78 is 51.2. The van der Waals surface area contributed by atoms with Crippen LogP contribution in [0.4, 0.5) is 17.6 Å². The van der Waals surface area contributed by atoms with E-state index in [-0.39, 0.29) is 5.56 Å². The zero-order valence-corrected chi connectivity index (χ0v) is 10.8. The normalized spacial score (nSPS) is 13.6. The Balaban J connectivity index is 2.41. The molecule has 1 heterocycles. The topological polar surface area (TPSA) is 20.2 Å². The SMILES string of the molecule is OC(c1ccc(F)c(C(F)(F)F)c1)c1ccc(Cl)s1. The smallest absolute Gasteiger partial charge is 0.383 e. The van der Waals surface area contributed by atoms with E-state index in [1.807, 2.05) is 0 Å². The molecule has 0 aliphatic heterocycles. The number of benzene rings is 1. The molecule has 0 radical (unpaired) electrons. The monoisotopic (exact) mass is 310 g/mol. The van der Waals surface area contributed by atoms with Crippen molar-refractivity contribution in [3.8, 4) is 0 Å². The molecule has 0 spiro atoms. The predicted molar refractivity (Wildman–Crippen MR) is 64.8 cm³/mol. The van der Waals surface area contributed by atoms with Gasteiger partial charge >= 0.3 is 6.18 Å². The first-order chi connectivity index (χ1) is 8.79. The van der Waals surface area contributed by atoms with Gasteiger partial charge in [0.25, 0.3) is 0 Å². The summed E-state index contributed by atoms with van der Waals surface area (Å²) in [6, 6.07) is 5.44. The van der Waals surface area contributed by atoms with Crippen LogP contribution in [0.1, 0.15) is 22.1 Å². The average molecular weight is 311 g/mol. The van der Waals surface area contributed by atoms with Gasteiger partial charge in [0.1, 0.15) is 11.9 Å². The minimum absolute atomic E-state index is 0.0350. The lowest BCUT2D eigenvalue weighted by atomic mass is 10.0. The van der Waals surface area contributed by atoms with Crippen LogP contribution in [0, 0.1) is 5.82 Å². The molecule has 7 heteroatoms. The van der Waals surface area contributed by atoms with Gasteiger partial charge in [-0.1, -0.05) is 17.7 Å². The molecule has 19 heavy (non-hydrogen) atoms. The number of aliphatic hydroxyl groups excluding tert-OH is 1. The van der Waals surface area contributed by atoms with Gasteiger partial charge in [0.15, 0.2) is 0 Å². The van der Waals surface area contributed by atoms with E-state index in [0.29, 0.717) is 21.3 Å². The highest BCUT2D eigenvalue weighted by molar-refractivity contribution is 7.16. The highest BCUT2D eigenvalue weighted by Crippen LogP contribution is 2.36. The van der Waals surface area contributed by atoms with Crippen LogP contribution in [-0.4, -0.2) is 5.11 Å². The molecule has 1 atom stereocenters. The van der Waals surface area contributed by atoms with Crippen LogP contribution in [0.25, 0.3) is 0 Å². The third-order valence-corrected chi connectivity index (χ3v) is 3.76. The Bertz CT molecular complexity index is 594. The molecule has 2 rings (SSSR count). The van der Waals surface area contributed by atoms with Crippen LogP contribution < -0.4 is 0 Å². The van der Waals surface area contributed by atoms with Gasteiger partial charge in [-0.25, -0.2) is 4.39 Å². The zero-order chi connectivity index (χ0) is 14.2. The van der Waals surface area contributed by atoms with Crippen molar-refractivity contribution in [1.29, 1.82) is 0 Å². The lowest BCUT2D eigenvalue weighted by molar-refractivity contribution is -0.140. The van der Waals surface area contributed by atoms with E-state index in [2.05, 4.69) is 0 Å². The third-order valence-electron chi connectivity index (χ3n) is 2.48. The van der Waals surface area contributed by atoms with Gasteiger partial charge < -0.3 is 5.11 Å². The Kier molecular flexibility index (Phi) is 3.85. The molecule has 0 aliphatic carbocycles. The summed E-state index contributed by atoms with van der Waals surface area (Å²) in [7, 11) is 0. The summed E-state index contributed by atoms with van der Waals surface area (Å²) in [5, 5.41) is 9.95. The molecule has 1 aromatic carbocycles. The molecule has 0 bridgehead atoms. The van der Waals surface area contributed by atoms with Crippen LogP contribution >= 0.6 is 22.9 Å². The molecule has 1 aromatic heterocycles. The van der Waals surface area contributed by atoms with Gasteiger partial charge in [-0.15, -0.1) is 11.3 Å². The maximum atomic E-state index is 13.1. The first kappa shape index (κ1) is 14.3. The fourth-order valence-electron chi connectivity index (χ4n) is 1.57. The van der Waals surface area contributed by atoms with E-state index in [4.69, 9.17) is 11.6 Å². The van der Waals surface area contributed by atoms with Gasteiger partial charge in [-0.05, 0) is 29.8 Å². The third kappa shape index (κ3) is 3.08. The second-order valence-corrected chi connectivity index (χ2v) is 5.53. The predicted octanol–water partition coefficient (Wildman–Crippen LogP) is 4.64. The quantitative estimate of drug-likeness (QED) is 0.801. The van der Waals surface area contributed by atoms with Crippen LogP contribution in [-0.2, 0) is 6.18 Å². The molecule has 102 valence electrons. The van der Waals surface area contributed by atoms with Gasteiger partial charge in [-0.3, -0.25) is 0 Å². The number of hydrogen-bond acceptors (Lipinski definition) is 2. The summed E-state index contributed by atoms with van der Waals surface area (Å²) in [5.41, 5.74) is -1.43. The molecule has 2 aromatic rings. The molecule has 0 aliphatic rings. The van der Waals surface area contributed by atoms with Crippen molar-refractivity contribution in [2.75, 3.05) is 0 Å². The van der Waals surface area contributed by atoms with Gasteiger partial charge in [0.2, 0.25) is 0 Å². The van der Waals surface area contributed by atoms with Crippen molar-refractivity contribution in [3.63, 3.8) is 0 Å². The van der Waals surface area contributed by atoms with Crippen molar-refractivity contribution >= 4 is 22.9 Å². The Morgan fingerprint density at radius 3 is 2.37 bits per heavy atom. The summed E-state index contributed by atoms with van der Waals surface area (Å²) in [6.07, 6.45) is -6.06. The van der Waals surface area contributed by atoms with E-state index >= 15 is 0 Å². The Morgan fingerprint density at radius 1 is 1.16 bits per heavy atom. The first-order valence-corrected chi connectivity index (χ1v) is 6.28. The summed E-state index contributed by atoms with van der Waals surface area (Å²) in [4.78, 5) is 0.393. The molecule has 0 amide bonds. The molecule has 1 nitrogen and oxygen atoms in total. The largest absolute Gasteiger partial charge is 0.419 e. The van der Waals surface area contributed by atoms with E-state index in [1.54, 1.807) is 0 Å². The number of hydrogen-bond donors (Lipinski definition) is 1. The second kappa shape index (κ2) is 5.11. The van der Waals surface area contributed by atoms with Crippen LogP contribution in [0.2, 0.25) is 4.34 Å². The molecule has 0 fully saturated rings. The number of rotatable bonds is 2. The maximum Gasteiger partial charge on any atom is 0.419 e. The second-order valence-electron chi connectivity index (χ2n) is 3.78. The van der Waals surface area contributed by atoms with Crippen molar-refractivity contribution in [1.82, 2.24) is 0 Å². The molecular weight excluding hydrogens is 304 g/mol. The zero-order valence-electron chi connectivity index (χ0n) is 9.21. The first-order valence-electron chi connectivity index (χ1n) is 5.09. The van der Waals surface area contributed by atoms with E-state index < -0.39 is 23.7 Å². The molecular formula is C12H7ClF4OS. The van der Waals surface area contributed by atoms with Crippen molar-refractivity contribution in [2.24, 2.45) is 0 Å². The number of halogens is 5. The Morgan fingerprint density at radius 2 is 1.84 bits per heavy atom. The average Bonchev–Trinajstić information content (AvgIpc) is 2.74. The van der Waals surface area contributed by atoms with Crippen molar-refractivity contribution in [2.45, 2.75) is 12.3 Å². The molecule has 1 N–H and O–H groups in total. The van der Waals surface area contributed by atoms with Crippen LogP contribution in [0.15, 0.2) is 30.3 Å². The Labute approximate surface area is 115 Å². The highest BCUT2D eigenvalue weighted by Gasteiger charge is 2.34. The summed E-state index contributed by atoms with van der Waals surface area (Å²) in [5.74, 6) is -1.37. The van der Waals surface area contributed by atoms with Gasteiger partial charge in [0.05, 0.1) is 9.90 Å². The van der Waals surface area contributed by atoms with Crippen molar-refractivity contribution in [3.05, 3.63) is 56.5 Å². The highest BCUT2D eigenvalue weighted by atomic mass is 35.5. The van der Waals surface area contributed by atoms with Crippen LogP contribution in [0.3, 0.4) is 0 Å². The molecule has 1 unspecified atom stereocenters. The number of aliphatic hydroxyl groups is 1. The fourth-order valence-corrected chi connectivity index (χ4v) is 2.65. The van der Waals surface area contributed by atoms with Crippen molar-refractivity contribution < 1.29 is 22.7 Å². The maximum absolute atomic E-state index is 13.1. The van der Waals surface area contributed by atoms with E-state index in [1.165, 1.54) is 12.1 Å². The van der Waals surface area contributed by atoms with Gasteiger partial charge in [0, 0.05) is 4.88 Å². The minimum Gasteiger partial charge on any atom is -0.383 e. The summed E-state index contributed by atoms with van der Waals surface area (Å²) in [6.45, 7) is 0. The standard InChI is InChI=1S/C12H7ClF4OS/c13-10-4-3-9(19-10)11(18)6-1-2-8(14)7(5-6)12(15,16)17/h1-5,11,18H. The molecule has 0 saturated heterocycles. The lowest BCUT2D eigenvalue weighted by Crippen LogP contribution is -2.10. The number of thiophene rings is 1. The number of alkyl halides is 3. The lowest BCUT2D eigenvalue weighted by Gasteiger charge is -2.13. The Hall–Kier alpha value is -1.11. The fraction of sp³-hybridized carbons (Fsp3) is 0.167. The minimum atomic E-state index is -4.80. The van der Waals surface area contributed by atoms with Crippen LogP contribution in [0.5, 0.6) is 0 Å². The van der Waals surface area contributed by atoms with E-state index in [0.717, 1.165) is 17.4 Å². The van der Waals surface area contributed by atoms with E-state index in [9.17, 15) is 22.7 Å². The summed E-state index contributed by atoms with van der Waals surface area (Å²) >= 11 is 6.74. The molecule has 0 saturated carbocycles. The van der Waals surface area contributed by atoms with Gasteiger partial charge in [-0.2, -0.15) is 13.2 Å².